The van der Waals surface area contributed by atoms with Crippen molar-refractivity contribution < 1.29 is 20.1 Å². The van der Waals surface area contributed by atoms with Crippen LogP contribution in [0.1, 0.15) is 57.1 Å². The van der Waals surface area contributed by atoms with Crippen LogP contribution in [0.15, 0.2) is 42.9 Å². The quantitative estimate of drug-likeness (QED) is 0.388. The number of nitrogens with zero attached hydrogens (tertiary/aromatic N) is 2. The third-order valence-corrected chi connectivity index (χ3v) is 7.17. The molecule has 1 aromatic carbocycles. The van der Waals surface area contributed by atoms with Crippen LogP contribution in [0.4, 0.5) is 5.82 Å². The molecule has 168 valence electrons. The molecule has 0 aliphatic heterocycles. The van der Waals surface area contributed by atoms with Crippen LogP contribution >= 0.6 is 22.9 Å². The first-order valence-electron chi connectivity index (χ1n) is 10.3. The first kappa shape index (κ1) is 22.8. The second-order valence-electron chi connectivity index (χ2n) is 8.08. The number of benzene rings is 1. The Balaban J connectivity index is 1.62. The number of anilines is 1. The first-order valence-corrected chi connectivity index (χ1v) is 11.5. The molecule has 0 saturated heterocycles. The van der Waals surface area contributed by atoms with Gasteiger partial charge in [-0.3, -0.25) is 4.79 Å². The van der Waals surface area contributed by atoms with Crippen LogP contribution in [-0.4, -0.2) is 43.2 Å². The molecule has 2 aromatic heterocycles. The third kappa shape index (κ3) is 4.69. The van der Waals surface area contributed by atoms with E-state index in [0.29, 0.717) is 43.7 Å². The van der Waals surface area contributed by atoms with Crippen molar-refractivity contribution in [3.63, 3.8) is 0 Å². The minimum atomic E-state index is -1.03. The monoisotopic (exact) mass is 473 g/mol. The maximum absolute atomic E-state index is 13.3. The lowest BCUT2D eigenvalue weighted by Gasteiger charge is -2.15. The highest BCUT2D eigenvalue weighted by Gasteiger charge is 2.31. The Hall–Kier alpha value is -2.36. The van der Waals surface area contributed by atoms with Crippen molar-refractivity contribution in [2.45, 2.75) is 44.6 Å². The van der Waals surface area contributed by atoms with E-state index in [1.54, 1.807) is 30.3 Å². The molecule has 0 amide bonds. The maximum atomic E-state index is 13.3. The van der Waals surface area contributed by atoms with Crippen LogP contribution in [0.25, 0.3) is 0 Å². The molecular weight excluding hydrogens is 450 g/mol. The smallest absolute Gasteiger partial charge is 0.208 e. The molecule has 1 aliphatic carbocycles. The number of halogens is 1. The molecule has 7 nitrogen and oxygen atoms in total. The molecule has 32 heavy (non-hydrogen) atoms. The summed E-state index contributed by atoms with van der Waals surface area (Å²) in [5, 5.41) is 34.5. The van der Waals surface area contributed by atoms with Crippen molar-refractivity contribution in [1.82, 2.24) is 9.97 Å². The van der Waals surface area contributed by atoms with Crippen molar-refractivity contribution >= 4 is 34.5 Å². The molecule has 3 aromatic rings. The molecule has 4 N–H and O–H groups in total. The molecule has 1 aliphatic rings. The highest BCUT2D eigenvalue weighted by atomic mass is 35.5. The van der Waals surface area contributed by atoms with Gasteiger partial charge in [-0.15, -0.1) is 11.3 Å². The number of carbonyl (C=O) groups is 1. The van der Waals surface area contributed by atoms with Crippen molar-refractivity contribution in [2.24, 2.45) is 5.92 Å². The first-order chi connectivity index (χ1) is 15.4. The summed E-state index contributed by atoms with van der Waals surface area (Å²) in [6, 6.07) is 8.44. The number of hydrogen-bond donors (Lipinski definition) is 4. The molecule has 0 unspecified atom stereocenters. The van der Waals surface area contributed by atoms with Crippen LogP contribution in [0.3, 0.4) is 0 Å². The van der Waals surface area contributed by atoms with Crippen molar-refractivity contribution in [3.05, 3.63) is 74.3 Å². The van der Waals surface area contributed by atoms with Gasteiger partial charge in [-0.05, 0) is 42.5 Å². The van der Waals surface area contributed by atoms with Crippen molar-refractivity contribution in [2.75, 3.05) is 5.32 Å². The average Bonchev–Trinajstić information content (AvgIpc) is 3.36. The van der Waals surface area contributed by atoms with Crippen LogP contribution in [-0.2, 0) is 6.61 Å². The summed E-state index contributed by atoms with van der Waals surface area (Å²) in [6.45, 7) is 1.69. The largest absolute Gasteiger partial charge is 0.393 e. The second kappa shape index (κ2) is 9.64. The summed E-state index contributed by atoms with van der Waals surface area (Å²) in [5.41, 5.74) is 1.33. The van der Waals surface area contributed by atoms with Gasteiger partial charge in [0.05, 0.1) is 23.2 Å². The Kier molecular flexibility index (Phi) is 6.88. The predicted molar refractivity (Wildman–Crippen MR) is 123 cm³/mol. The van der Waals surface area contributed by atoms with Crippen LogP contribution in [0.5, 0.6) is 0 Å². The van der Waals surface area contributed by atoms with E-state index in [1.165, 1.54) is 12.5 Å². The molecular formula is C23H24ClN3O4S. The lowest BCUT2D eigenvalue weighted by molar-refractivity contribution is 0.104. The van der Waals surface area contributed by atoms with E-state index in [-0.39, 0.29) is 30.5 Å². The molecule has 4 rings (SSSR count). The van der Waals surface area contributed by atoms with Crippen molar-refractivity contribution in [1.29, 1.82) is 0 Å². The number of nitrogens with one attached hydrogen (secondary N) is 1. The van der Waals surface area contributed by atoms with Crippen LogP contribution in [0.2, 0.25) is 5.02 Å². The minimum absolute atomic E-state index is 0.0120. The number of thiophene rings is 1. The van der Waals surface area contributed by atoms with Gasteiger partial charge in [0.15, 0.2) is 0 Å². The highest BCUT2D eigenvalue weighted by Crippen LogP contribution is 2.35. The van der Waals surface area contributed by atoms with E-state index in [9.17, 15) is 20.1 Å². The Bertz CT molecular complexity index is 1110. The zero-order valence-corrected chi connectivity index (χ0v) is 19.0. The topological polar surface area (TPSA) is 116 Å². The molecule has 4 atom stereocenters. The molecule has 9 heteroatoms. The highest BCUT2D eigenvalue weighted by molar-refractivity contribution is 7.14. The van der Waals surface area contributed by atoms with E-state index in [4.69, 9.17) is 11.6 Å². The van der Waals surface area contributed by atoms with Gasteiger partial charge in [0.25, 0.3) is 0 Å². The predicted octanol–water partition coefficient (Wildman–Crippen LogP) is 3.57. The number of ketones is 1. The SMILES string of the molecule is C[C@@H]1C[C@@H](Nc2ncncc2C(=O)c2cc([C@@H](O)c3cccc(Cl)c3)c(CO)s2)C[C@@H]1O. The van der Waals surface area contributed by atoms with Gasteiger partial charge < -0.3 is 20.6 Å². The number of hydrogen-bond acceptors (Lipinski definition) is 8. The van der Waals surface area contributed by atoms with Gasteiger partial charge >= 0.3 is 0 Å². The molecule has 1 saturated carbocycles. The van der Waals surface area contributed by atoms with E-state index < -0.39 is 6.10 Å². The fourth-order valence-electron chi connectivity index (χ4n) is 4.05. The Labute approximate surface area is 194 Å². The van der Waals surface area contributed by atoms with Gasteiger partial charge in [-0.1, -0.05) is 30.7 Å². The fraction of sp³-hybridized carbons (Fsp3) is 0.348. The number of rotatable bonds is 7. The third-order valence-electron chi connectivity index (χ3n) is 5.81. The van der Waals surface area contributed by atoms with E-state index in [2.05, 4.69) is 15.3 Å². The number of aromatic nitrogens is 2. The van der Waals surface area contributed by atoms with Gasteiger partial charge in [0, 0.05) is 27.7 Å². The summed E-state index contributed by atoms with van der Waals surface area (Å²) < 4.78 is 0. The summed E-state index contributed by atoms with van der Waals surface area (Å²) in [7, 11) is 0. The summed E-state index contributed by atoms with van der Waals surface area (Å²) >= 11 is 7.17. The number of aliphatic hydroxyl groups is 3. The average molecular weight is 474 g/mol. The molecule has 0 radical (unpaired) electrons. The number of aliphatic hydroxyl groups excluding tert-OH is 3. The van der Waals surface area contributed by atoms with E-state index in [0.717, 1.165) is 17.8 Å². The Morgan fingerprint density at radius 3 is 2.84 bits per heavy atom. The lowest BCUT2D eigenvalue weighted by atomic mass is 10.0. The maximum Gasteiger partial charge on any atom is 0.208 e. The molecule has 2 heterocycles. The Morgan fingerprint density at radius 1 is 1.34 bits per heavy atom. The van der Waals surface area contributed by atoms with Crippen molar-refractivity contribution in [3.8, 4) is 0 Å². The Morgan fingerprint density at radius 2 is 2.16 bits per heavy atom. The van der Waals surface area contributed by atoms with Crippen LogP contribution in [0, 0.1) is 5.92 Å². The van der Waals surface area contributed by atoms with Gasteiger partial charge in [-0.25, -0.2) is 9.97 Å². The zero-order valence-electron chi connectivity index (χ0n) is 17.4. The standard InChI is InChI=1S/C23H24ClN3O4S/c1-12-5-15(7-18(12)29)27-23-17(9-25-11-26-23)22(31)19-8-16(20(10-28)32-19)21(30)13-3-2-4-14(24)6-13/h2-4,6,8-9,11-12,15,18,21,28-30H,5,7,10H2,1H3,(H,25,26,27)/t12-,15-,18+,21+/m1/s1. The summed E-state index contributed by atoms with van der Waals surface area (Å²) in [4.78, 5) is 22.4. The normalized spacial score (nSPS) is 21.5. The van der Waals surface area contributed by atoms with Gasteiger partial charge in [0.1, 0.15) is 18.2 Å². The lowest BCUT2D eigenvalue weighted by Crippen LogP contribution is -2.20. The fourth-order valence-corrected chi connectivity index (χ4v) is 5.25. The van der Waals surface area contributed by atoms with Gasteiger partial charge in [-0.2, -0.15) is 0 Å². The molecule has 0 spiro atoms. The summed E-state index contributed by atoms with van der Waals surface area (Å²) in [5.74, 6) is 0.282. The molecule has 0 bridgehead atoms. The zero-order chi connectivity index (χ0) is 22.8. The minimum Gasteiger partial charge on any atom is -0.393 e. The van der Waals surface area contributed by atoms with Gasteiger partial charge in [0.2, 0.25) is 5.78 Å². The van der Waals surface area contributed by atoms with E-state index in [1.807, 2.05) is 6.92 Å². The second-order valence-corrected chi connectivity index (χ2v) is 9.65. The molecule has 1 fully saturated rings. The van der Waals surface area contributed by atoms with E-state index >= 15 is 0 Å². The summed E-state index contributed by atoms with van der Waals surface area (Å²) in [6.07, 6.45) is 2.78. The number of carbonyl (C=O) groups excluding carboxylic acids is 1. The van der Waals surface area contributed by atoms with Crippen LogP contribution < -0.4 is 5.32 Å².